The van der Waals surface area contributed by atoms with Gasteiger partial charge in [0.1, 0.15) is 23.3 Å². The van der Waals surface area contributed by atoms with E-state index in [0.717, 1.165) is 17.8 Å². The third kappa shape index (κ3) is 4.42. The molecule has 2 aromatic rings. The Kier molecular flexibility index (Phi) is 6.15. The molecular weight excluding hydrogens is 352 g/mol. The molecule has 1 amide bonds. The molecule has 1 aromatic carbocycles. The van der Waals surface area contributed by atoms with Crippen LogP contribution in [0, 0.1) is 18.3 Å². The third-order valence-electron chi connectivity index (χ3n) is 5.10. The number of aryl methyl sites for hydroxylation is 2. The van der Waals surface area contributed by atoms with Gasteiger partial charge in [0.15, 0.2) is 6.10 Å². The second-order valence-corrected chi connectivity index (χ2v) is 7.02. The summed E-state index contributed by atoms with van der Waals surface area (Å²) in [7, 11) is 0. The van der Waals surface area contributed by atoms with Crippen molar-refractivity contribution in [1.82, 2.24) is 9.88 Å². The molecule has 1 saturated heterocycles. The van der Waals surface area contributed by atoms with Gasteiger partial charge in [-0.25, -0.2) is 4.98 Å². The number of hydrogen-bond donors (Lipinski definition) is 0. The molecule has 0 saturated carbocycles. The molecule has 0 bridgehead atoms. The summed E-state index contributed by atoms with van der Waals surface area (Å²) < 4.78 is 5.83. The van der Waals surface area contributed by atoms with Crippen molar-refractivity contribution in [2.75, 3.05) is 31.1 Å². The second kappa shape index (κ2) is 8.75. The Hall–Kier alpha value is -3.07. The van der Waals surface area contributed by atoms with Crippen LogP contribution in [0.3, 0.4) is 0 Å². The van der Waals surface area contributed by atoms with Crippen LogP contribution in [-0.2, 0) is 11.2 Å². The summed E-state index contributed by atoms with van der Waals surface area (Å²) in [6, 6.07) is 13.8. The lowest BCUT2D eigenvalue weighted by Gasteiger charge is -2.36. The number of amides is 1. The molecule has 0 spiro atoms. The maximum atomic E-state index is 12.7. The molecule has 6 nitrogen and oxygen atoms in total. The van der Waals surface area contributed by atoms with Gasteiger partial charge < -0.3 is 14.5 Å². The topological polar surface area (TPSA) is 69.5 Å². The van der Waals surface area contributed by atoms with E-state index in [-0.39, 0.29) is 5.91 Å². The average Bonchev–Trinajstić information content (AvgIpc) is 2.74. The Bertz CT molecular complexity index is 865. The number of anilines is 1. The number of nitrogens with zero attached hydrogens (tertiary/aromatic N) is 4. The lowest BCUT2D eigenvalue weighted by molar-refractivity contribution is -0.138. The molecule has 6 heteroatoms. The summed E-state index contributed by atoms with van der Waals surface area (Å²) in [6.45, 7) is 8.37. The van der Waals surface area contributed by atoms with E-state index in [1.165, 1.54) is 5.56 Å². The quantitative estimate of drug-likeness (QED) is 0.800. The molecule has 2 heterocycles. The molecule has 3 rings (SSSR count). The molecule has 1 unspecified atom stereocenters. The molecule has 0 N–H and O–H groups in total. The number of ether oxygens (including phenoxy) is 1. The zero-order valence-corrected chi connectivity index (χ0v) is 16.7. The van der Waals surface area contributed by atoms with E-state index in [4.69, 9.17) is 10.00 Å². The molecule has 1 aliphatic rings. The normalized spacial score (nSPS) is 15.1. The van der Waals surface area contributed by atoms with Crippen LogP contribution in [-0.4, -0.2) is 48.1 Å². The van der Waals surface area contributed by atoms with Crippen LogP contribution < -0.4 is 9.64 Å². The second-order valence-electron chi connectivity index (χ2n) is 7.02. The minimum atomic E-state index is -0.526. The smallest absolute Gasteiger partial charge is 0.263 e. The average molecular weight is 378 g/mol. The lowest BCUT2D eigenvalue weighted by atomic mass is 10.2. The van der Waals surface area contributed by atoms with Crippen molar-refractivity contribution in [1.29, 1.82) is 5.26 Å². The summed E-state index contributed by atoms with van der Waals surface area (Å²) in [4.78, 5) is 21.1. The first-order valence-corrected chi connectivity index (χ1v) is 9.69. The highest BCUT2D eigenvalue weighted by molar-refractivity contribution is 5.81. The standard InChI is InChI=1S/C22H26N4O2/c1-4-18-6-8-19(9-7-18)28-17(3)22(27)26-13-11-25(12-14-26)21-10-5-16(2)20(15-23)24-21/h5-10,17H,4,11-14H2,1-3H3. The van der Waals surface area contributed by atoms with Crippen molar-refractivity contribution in [2.45, 2.75) is 33.3 Å². The maximum absolute atomic E-state index is 12.7. The number of carbonyl (C=O) groups is 1. The van der Waals surface area contributed by atoms with Gasteiger partial charge in [0.05, 0.1) is 0 Å². The molecule has 1 aliphatic heterocycles. The number of benzene rings is 1. The minimum Gasteiger partial charge on any atom is -0.481 e. The molecule has 1 aromatic heterocycles. The first kappa shape index (κ1) is 19.7. The van der Waals surface area contributed by atoms with Crippen LogP contribution in [0.5, 0.6) is 5.75 Å². The molecule has 28 heavy (non-hydrogen) atoms. The summed E-state index contributed by atoms with van der Waals surface area (Å²) in [5.74, 6) is 1.49. The highest BCUT2D eigenvalue weighted by atomic mass is 16.5. The maximum Gasteiger partial charge on any atom is 0.263 e. The summed E-state index contributed by atoms with van der Waals surface area (Å²) in [5.41, 5.74) is 2.57. The van der Waals surface area contributed by atoms with Gasteiger partial charge in [0.2, 0.25) is 0 Å². The molecule has 1 fully saturated rings. The predicted molar refractivity (Wildman–Crippen MR) is 108 cm³/mol. The highest BCUT2D eigenvalue weighted by Crippen LogP contribution is 2.18. The first-order valence-electron chi connectivity index (χ1n) is 9.69. The number of pyridine rings is 1. The minimum absolute atomic E-state index is 0.00574. The van der Waals surface area contributed by atoms with E-state index >= 15 is 0 Å². The van der Waals surface area contributed by atoms with Crippen LogP contribution in [0.1, 0.15) is 30.7 Å². The number of piperazine rings is 1. The monoisotopic (exact) mass is 378 g/mol. The SMILES string of the molecule is CCc1ccc(OC(C)C(=O)N2CCN(c3ccc(C)c(C#N)n3)CC2)cc1. The molecule has 0 radical (unpaired) electrons. The Morgan fingerprint density at radius 2 is 1.86 bits per heavy atom. The van der Waals surface area contributed by atoms with E-state index in [0.29, 0.717) is 37.6 Å². The first-order chi connectivity index (χ1) is 13.5. The van der Waals surface area contributed by atoms with E-state index in [9.17, 15) is 4.79 Å². The van der Waals surface area contributed by atoms with Crippen molar-refractivity contribution in [3.05, 3.63) is 53.2 Å². The number of aromatic nitrogens is 1. The number of carbonyl (C=O) groups excluding carboxylic acids is 1. The van der Waals surface area contributed by atoms with E-state index in [1.807, 2.05) is 48.2 Å². The van der Waals surface area contributed by atoms with E-state index in [2.05, 4.69) is 22.9 Å². The Labute approximate surface area is 166 Å². The fourth-order valence-corrected chi connectivity index (χ4v) is 3.28. The van der Waals surface area contributed by atoms with Crippen molar-refractivity contribution in [2.24, 2.45) is 0 Å². The Balaban J connectivity index is 1.56. The van der Waals surface area contributed by atoms with Crippen LogP contribution in [0.15, 0.2) is 36.4 Å². The Morgan fingerprint density at radius 1 is 1.18 bits per heavy atom. The van der Waals surface area contributed by atoms with Crippen LogP contribution in [0.25, 0.3) is 0 Å². The molecule has 146 valence electrons. The Morgan fingerprint density at radius 3 is 2.46 bits per heavy atom. The van der Waals surface area contributed by atoms with Crippen LogP contribution >= 0.6 is 0 Å². The zero-order valence-electron chi connectivity index (χ0n) is 16.7. The van der Waals surface area contributed by atoms with Gasteiger partial charge in [-0.1, -0.05) is 25.1 Å². The number of nitriles is 1. The van der Waals surface area contributed by atoms with Crippen molar-refractivity contribution >= 4 is 11.7 Å². The summed E-state index contributed by atoms with van der Waals surface area (Å²) >= 11 is 0. The third-order valence-corrected chi connectivity index (χ3v) is 5.10. The summed E-state index contributed by atoms with van der Waals surface area (Å²) in [6.07, 6.45) is 0.451. The fourth-order valence-electron chi connectivity index (χ4n) is 3.28. The fraction of sp³-hybridized carbons (Fsp3) is 0.409. The van der Waals surface area contributed by atoms with Gasteiger partial charge in [-0.15, -0.1) is 0 Å². The molecule has 0 aliphatic carbocycles. The highest BCUT2D eigenvalue weighted by Gasteiger charge is 2.26. The molecule has 1 atom stereocenters. The van der Waals surface area contributed by atoms with Gasteiger partial charge in [0, 0.05) is 26.2 Å². The number of rotatable bonds is 5. The number of hydrogen-bond acceptors (Lipinski definition) is 5. The van der Waals surface area contributed by atoms with Crippen molar-refractivity contribution in [3.63, 3.8) is 0 Å². The van der Waals surface area contributed by atoms with Crippen molar-refractivity contribution in [3.8, 4) is 11.8 Å². The summed E-state index contributed by atoms with van der Waals surface area (Å²) in [5, 5.41) is 9.17. The van der Waals surface area contributed by atoms with Crippen LogP contribution in [0.4, 0.5) is 5.82 Å². The van der Waals surface area contributed by atoms with Gasteiger partial charge in [-0.2, -0.15) is 5.26 Å². The molecular formula is C22H26N4O2. The van der Waals surface area contributed by atoms with Gasteiger partial charge in [0.25, 0.3) is 5.91 Å². The van der Waals surface area contributed by atoms with Crippen molar-refractivity contribution < 1.29 is 9.53 Å². The van der Waals surface area contributed by atoms with E-state index < -0.39 is 6.10 Å². The van der Waals surface area contributed by atoms with Gasteiger partial charge >= 0.3 is 0 Å². The van der Waals surface area contributed by atoms with Crippen LogP contribution in [0.2, 0.25) is 0 Å². The largest absolute Gasteiger partial charge is 0.481 e. The lowest BCUT2D eigenvalue weighted by Crippen LogP contribution is -2.52. The van der Waals surface area contributed by atoms with E-state index in [1.54, 1.807) is 6.92 Å². The van der Waals surface area contributed by atoms with Gasteiger partial charge in [-0.05, 0) is 49.6 Å². The van der Waals surface area contributed by atoms with Gasteiger partial charge in [-0.3, -0.25) is 4.79 Å². The zero-order chi connectivity index (χ0) is 20.1. The predicted octanol–water partition coefficient (Wildman–Crippen LogP) is 2.94.